The third-order valence-corrected chi connectivity index (χ3v) is 4.74. The van der Waals surface area contributed by atoms with E-state index in [1.165, 1.54) is 11.3 Å². The van der Waals surface area contributed by atoms with Crippen LogP contribution in [0.15, 0.2) is 18.2 Å². The van der Waals surface area contributed by atoms with Gasteiger partial charge in [0.15, 0.2) is 0 Å². The molecule has 2 aromatic rings. The van der Waals surface area contributed by atoms with E-state index in [-0.39, 0.29) is 0 Å². The molecule has 1 aliphatic heterocycles. The van der Waals surface area contributed by atoms with Crippen LogP contribution in [0, 0.1) is 0 Å². The standard InChI is InChI=1S/C15H21N3OS/c1-10(2)18-14-5-4-11(19-3)8-12(14)17-15(18)13-9-20-7-6-16-13/h4-5,8,10,13,16H,6-7,9H2,1-3H3. The molecule has 0 amide bonds. The highest BCUT2D eigenvalue weighted by Gasteiger charge is 2.23. The van der Waals surface area contributed by atoms with Crippen LogP contribution < -0.4 is 10.1 Å². The molecule has 4 nitrogen and oxygen atoms in total. The van der Waals surface area contributed by atoms with Gasteiger partial charge in [0.25, 0.3) is 0 Å². The van der Waals surface area contributed by atoms with Gasteiger partial charge in [-0.25, -0.2) is 4.98 Å². The SMILES string of the molecule is COc1ccc2c(c1)nc(C1CSCCN1)n2C(C)C. The van der Waals surface area contributed by atoms with Gasteiger partial charge in [0, 0.05) is 30.2 Å². The van der Waals surface area contributed by atoms with Crippen LogP contribution in [0.4, 0.5) is 0 Å². The van der Waals surface area contributed by atoms with Gasteiger partial charge in [-0.1, -0.05) is 0 Å². The lowest BCUT2D eigenvalue weighted by molar-refractivity contribution is 0.415. The van der Waals surface area contributed by atoms with Crippen LogP contribution in [-0.2, 0) is 0 Å². The Bertz CT molecular complexity index is 602. The van der Waals surface area contributed by atoms with Crippen molar-refractivity contribution < 1.29 is 4.74 Å². The van der Waals surface area contributed by atoms with Crippen LogP contribution in [0.1, 0.15) is 31.8 Å². The van der Waals surface area contributed by atoms with E-state index in [1.807, 2.05) is 23.9 Å². The highest BCUT2D eigenvalue weighted by atomic mass is 32.2. The molecule has 1 N–H and O–H groups in total. The molecule has 5 heteroatoms. The first kappa shape index (κ1) is 13.8. The van der Waals surface area contributed by atoms with Crippen LogP contribution in [0.5, 0.6) is 5.75 Å². The fraction of sp³-hybridized carbons (Fsp3) is 0.533. The normalized spacial score (nSPS) is 19.7. The molecule has 1 aromatic carbocycles. The molecular formula is C15H21N3OS. The highest BCUT2D eigenvalue weighted by molar-refractivity contribution is 7.99. The molecule has 1 saturated heterocycles. The van der Waals surface area contributed by atoms with Gasteiger partial charge >= 0.3 is 0 Å². The summed E-state index contributed by atoms with van der Waals surface area (Å²) in [5.41, 5.74) is 2.21. The number of benzene rings is 1. The molecular weight excluding hydrogens is 270 g/mol. The molecule has 1 unspecified atom stereocenters. The second kappa shape index (κ2) is 5.66. The number of nitrogens with zero attached hydrogens (tertiary/aromatic N) is 2. The van der Waals surface area contributed by atoms with Crippen molar-refractivity contribution in [2.75, 3.05) is 25.2 Å². The van der Waals surface area contributed by atoms with Crippen LogP contribution in [0.25, 0.3) is 11.0 Å². The first-order valence-corrected chi connectivity index (χ1v) is 8.23. The van der Waals surface area contributed by atoms with E-state index in [4.69, 9.17) is 9.72 Å². The molecule has 1 atom stereocenters. The number of ether oxygens (including phenoxy) is 1. The van der Waals surface area contributed by atoms with Crippen LogP contribution in [0.3, 0.4) is 0 Å². The first-order chi connectivity index (χ1) is 9.70. The smallest absolute Gasteiger partial charge is 0.128 e. The van der Waals surface area contributed by atoms with E-state index >= 15 is 0 Å². The molecule has 108 valence electrons. The zero-order valence-electron chi connectivity index (χ0n) is 12.2. The second-order valence-electron chi connectivity index (χ2n) is 5.37. The van der Waals surface area contributed by atoms with Crippen molar-refractivity contribution in [3.8, 4) is 5.75 Å². The van der Waals surface area contributed by atoms with Gasteiger partial charge in [0.1, 0.15) is 11.6 Å². The van der Waals surface area contributed by atoms with Crippen LogP contribution in [0.2, 0.25) is 0 Å². The number of aromatic nitrogens is 2. The summed E-state index contributed by atoms with van der Waals surface area (Å²) in [5, 5.41) is 3.58. The fourth-order valence-corrected chi connectivity index (χ4v) is 3.68. The molecule has 0 bridgehead atoms. The van der Waals surface area contributed by atoms with Gasteiger partial charge in [-0.05, 0) is 26.0 Å². The minimum Gasteiger partial charge on any atom is -0.497 e. The number of rotatable bonds is 3. The van der Waals surface area contributed by atoms with Gasteiger partial charge in [-0.2, -0.15) is 11.8 Å². The van der Waals surface area contributed by atoms with E-state index in [0.29, 0.717) is 12.1 Å². The molecule has 1 fully saturated rings. The minimum atomic E-state index is 0.342. The number of thioether (sulfide) groups is 1. The van der Waals surface area contributed by atoms with Crippen LogP contribution in [-0.4, -0.2) is 34.7 Å². The highest BCUT2D eigenvalue weighted by Crippen LogP contribution is 2.30. The third-order valence-electron chi connectivity index (χ3n) is 3.67. The summed E-state index contributed by atoms with van der Waals surface area (Å²) in [6.45, 7) is 5.48. The Labute approximate surface area is 123 Å². The molecule has 0 spiro atoms. The summed E-state index contributed by atoms with van der Waals surface area (Å²) < 4.78 is 7.65. The summed E-state index contributed by atoms with van der Waals surface area (Å²) in [6, 6.07) is 6.89. The number of hydrogen-bond donors (Lipinski definition) is 1. The summed E-state index contributed by atoms with van der Waals surface area (Å²) >= 11 is 2.00. The Morgan fingerprint density at radius 2 is 2.30 bits per heavy atom. The van der Waals surface area contributed by atoms with E-state index in [1.54, 1.807) is 7.11 Å². The second-order valence-corrected chi connectivity index (χ2v) is 6.52. The zero-order chi connectivity index (χ0) is 14.1. The topological polar surface area (TPSA) is 39.1 Å². The quantitative estimate of drug-likeness (QED) is 0.943. The van der Waals surface area contributed by atoms with Crippen molar-refractivity contribution >= 4 is 22.8 Å². The molecule has 3 rings (SSSR count). The number of fused-ring (bicyclic) bond motifs is 1. The molecule has 0 saturated carbocycles. The maximum atomic E-state index is 5.31. The number of imidazole rings is 1. The zero-order valence-corrected chi connectivity index (χ0v) is 13.0. The largest absolute Gasteiger partial charge is 0.497 e. The van der Waals surface area contributed by atoms with Gasteiger partial charge in [0.2, 0.25) is 0 Å². The Morgan fingerprint density at radius 3 is 2.95 bits per heavy atom. The lowest BCUT2D eigenvalue weighted by atomic mass is 10.2. The van der Waals surface area contributed by atoms with Crippen molar-refractivity contribution in [3.05, 3.63) is 24.0 Å². The maximum absolute atomic E-state index is 5.31. The van der Waals surface area contributed by atoms with Crippen molar-refractivity contribution in [3.63, 3.8) is 0 Å². The lowest BCUT2D eigenvalue weighted by Crippen LogP contribution is -2.32. The number of nitrogens with one attached hydrogen (secondary N) is 1. The summed E-state index contributed by atoms with van der Waals surface area (Å²) in [6.07, 6.45) is 0. The number of methoxy groups -OCH3 is 1. The first-order valence-electron chi connectivity index (χ1n) is 7.07. The minimum absolute atomic E-state index is 0.342. The fourth-order valence-electron chi connectivity index (χ4n) is 2.74. The lowest BCUT2D eigenvalue weighted by Gasteiger charge is -2.25. The van der Waals surface area contributed by atoms with Crippen molar-refractivity contribution in [1.29, 1.82) is 0 Å². The molecule has 1 aromatic heterocycles. The van der Waals surface area contributed by atoms with Crippen molar-refractivity contribution in [2.24, 2.45) is 0 Å². The predicted octanol–water partition coefficient (Wildman–Crippen LogP) is 3.00. The Kier molecular flexibility index (Phi) is 3.89. The Morgan fingerprint density at radius 1 is 1.45 bits per heavy atom. The summed E-state index contributed by atoms with van der Waals surface area (Å²) in [5.74, 6) is 4.29. The van der Waals surface area contributed by atoms with Crippen molar-refractivity contribution in [1.82, 2.24) is 14.9 Å². The molecule has 1 aliphatic rings. The van der Waals surface area contributed by atoms with Crippen LogP contribution >= 0.6 is 11.8 Å². The third kappa shape index (κ3) is 2.40. The summed E-state index contributed by atoms with van der Waals surface area (Å²) in [7, 11) is 1.70. The maximum Gasteiger partial charge on any atom is 0.128 e. The van der Waals surface area contributed by atoms with Gasteiger partial charge in [-0.15, -0.1) is 0 Å². The summed E-state index contributed by atoms with van der Waals surface area (Å²) in [4.78, 5) is 4.87. The predicted molar refractivity (Wildman–Crippen MR) is 84.7 cm³/mol. The monoisotopic (exact) mass is 291 g/mol. The average molecular weight is 291 g/mol. The molecule has 20 heavy (non-hydrogen) atoms. The molecule has 0 aliphatic carbocycles. The van der Waals surface area contributed by atoms with E-state index < -0.39 is 0 Å². The average Bonchev–Trinajstić information content (AvgIpc) is 2.86. The molecule has 2 heterocycles. The Hall–Kier alpha value is -1.20. The van der Waals surface area contributed by atoms with Crippen molar-refractivity contribution in [2.45, 2.75) is 25.9 Å². The number of hydrogen-bond acceptors (Lipinski definition) is 4. The Balaban J connectivity index is 2.11. The van der Waals surface area contributed by atoms with Gasteiger partial charge in [0.05, 0.1) is 24.2 Å². The van der Waals surface area contributed by atoms with E-state index in [9.17, 15) is 0 Å². The van der Waals surface area contributed by atoms with Gasteiger partial charge < -0.3 is 14.6 Å². The van der Waals surface area contributed by atoms with Gasteiger partial charge in [-0.3, -0.25) is 0 Å². The molecule has 0 radical (unpaired) electrons. The van der Waals surface area contributed by atoms with E-state index in [0.717, 1.165) is 29.4 Å². The van der Waals surface area contributed by atoms with E-state index in [2.05, 4.69) is 29.8 Å².